The molecule has 1 saturated heterocycles. The Kier molecular flexibility index (Phi) is 6.61. The summed E-state index contributed by atoms with van der Waals surface area (Å²) in [5, 5.41) is 5.75. The van der Waals surface area contributed by atoms with Crippen molar-refractivity contribution >= 4 is 45.0 Å². The van der Waals surface area contributed by atoms with Crippen LogP contribution in [0.25, 0.3) is 0 Å². The number of aryl methyl sites for hydroxylation is 2. The molecule has 2 heterocycles. The molecule has 5 nitrogen and oxygen atoms in total. The smallest absolute Gasteiger partial charge is 0.224 e. The lowest BCUT2D eigenvalue weighted by Gasteiger charge is -2.35. The molecule has 0 bridgehead atoms. The van der Waals surface area contributed by atoms with Crippen LogP contribution in [-0.2, 0) is 17.9 Å². The molecule has 0 atom stereocenters. The number of hydrogen-bond donors (Lipinski definition) is 0. The minimum Gasteiger partial charge on any atom is -0.340 e. The van der Waals surface area contributed by atoms with E-state index in [1.165, 1.54) is 0 Å². The van der Waals surface area contributed by atoms with Gasteiger partial charge in [0.15, 0.2) is 0 Å². The van der Waals surface area contributed by atoms with Gasteiger partial charge in [0.1, 0.15) is 0 Å². The number of halogens is 3. The van der Waals surface area contributed by atoms with Gasteiger partial charge in [0.2, 0.25) is 5.91 Å². The Bertz CT molecular complexity index is 748. The minimum atomic E-state index is 0.171. The second-order valence-electron chi connectivity index (χ2n) is 6.43. The summed E-state index contributed by atoms with van der Waals surface area (Å²) in [5.74, 6) is 0.171. The summed E-state index contributed by atoms with van der Waals surface area (Å²) in [5.41, 5.74) is 1.89. The topological polar surface area (TPSA) is 41.4 Å². The highest BCUT2D eigenvalue weighted by Crippen LogP contribution is 2.26. The fourth-order valence-corrected chi connectivity index (χ4v) is 3.87. The molecular weight excluding hydrogens is 439 g/mol. The lowest BCUT2D eigenvalue weighted by molar-refractivity contribution is -0.133. The van der Waals surface area contributed by atoms with Gasteiger partial charge >= 0.3 is 0 Å². The molecular formula is C18H21BrCl2N4O. The number of hydrogen-bond acceptors (Lipinski definition) is 3. The van der Waals surface area contributed by atoms with E-state index in [0.29, 0.717) is 29.6 Å². The SMILES string of the molecule is Cc1nn(CCC(=O)N2CCN(Cc3c(Cl)cccc3Cl)CC2)cc1Br. The van der Waals surface area contributed by atoms with Gasteiger partial charge in [0.05, 0.1) is 10.2 Å². The average Bonchev–Trinajstić information content (AvgIpc) is 2.95. The van der Waals surface area contributed by atoms with Gasteiger partial charge in [-0.3, -0.25) is 14.4 Å². The summed E-state index contributed by atoms with van der Waals surface area (Å²) < 4.78 is 2.78. The molecule has 0 aliphatic carbocycles. The Balaban J connectivity index is 1.48. The first-order valence-electron chi connectivity index (χ1n) is 8.56. The highest BCUT2D eigenvalue weighted by Gasteiger charge is 2.22. The zero-order valence-electron chi connectivity index (χ0n) is 14.6. The monoisotopic (exact) mass is 458 g/mol. The Morgan fingerprint density at radius 2 is 1.85 bits per heavy atom. The molecule has 1 amide bonds. The molecule has 3 rings (SSSR count). The standard InChI is InChI=1S/C18H21BrCl2N4O/c1-13-15(19)12-25(22-13)6-5-18(26)24-9-7-23(8-10-24)11-14-16(20)3-2-4-17(14)21/h2-4,12H,5-11H2,1H3. The van der Waals surface area contributed by atoms with E-state index in [-0.39, 0.29) is 5.91 Å². The van der Waals surface area contributed by atoms with E-state index in [0.717, 1.165) is 41.9 Å². The molecule has 140 valence electrons. The number of carbonyl (C=O) groups excluding carboxylic acids is 1. The van der Waals surface area contributed by atoms with Crippen LogP contribution >= 0.6 is 39.1 Å². The second-order valence-corrected chi connectivity index (χ2v) is 8.10. The summed E-state index contributed by atoms with van der Waals surface area (Å²) in [6.45, 7) is 6.33. The van der Waals surface area contributed by atoms with Crippen molar-refractivity contribution in [2.24, 2.45) is 0 Å². The quantitative estimate of drug-likeness (QED) is 0.678. The molecule has 0 unspecified atom stereocenters. The van der Waals surface area contributed by atoms with E-state index < -0.39 is 0 Å². The van der Waals surface area contributed by atoms with E-state index in [4.69, 9.17) is 23.2 Å². The maximum Gasteiger partial charge on any atom is 0.224 e. The molecule has 1 aliphatic heterocycles. The van der Waals surface area contributed by atoms with E-state index in [1.54, 1.807) is 0 Å². The minimum absolute atomic E-state index is 0.171. The molecule has 2 aromatic rings. The predicted molar refractivity (Wildman–Crippen MR) is 108 cm³/mol. The Morgan fingerprint density at radius 3 is 2.42 bits per heavy atom. The maximum absolute atomic E-state index is 12.4. The van der Waals surface area contributed by atoms with Crippen molar-refractivity contribution in [2.75, 3.05) is 26.2 Å². The van der Waals surface area contributed by atoms with Gasteiger partial charge in [-0.2, -0.15) is 5.10 Å². The van der Waals surface area contributed by atoms with Crippen LogP contribution < -0.4 is 0 Å². The van der Waals surface area contributed by atoms with Gasteiger partial charge in [-0.1, -0.05) is 29.3 Å². The fourth-order valence-electron chi connectivity index (χ4n) is 3.04. The summed E-state index contributed by atoms with van der Waals surface area (Å²) in [4.78, 5) is 16.7. The van der Waals surface area contributed by atoms with Gasteiger partial charge in [-0.25, -0.2) is 0 Å². The number of piperazine rings is 1. The lowest BCUT2D eigenvalue weighted by atomic mass is 10.2. The largest absolute Gasteiger partial charge is 0.340 e. The van der Waals surface area contributed by atoms with Gasteiger partial charge in [0, 0.05) is 67.5 Å². The predicted octanol–water partition coefficient (Wildman–Crippen LogP) is 4.00. The highest BCUT2D eigenvalue weighted by atomic mass is 79.9. The van der Waals surface area contributed by atoms with Gasteiger partial charge in [-0.05, 0) is 35.0 Å². The van der Waals surface area contributed by atoms with E-state index in [9.17, 15) is 4.79 Å². The molecule has 0 N–H and O–H groups in total. The first-order chi connectivity index (χ1) is 12.4. The zero-order valence-corrected chi connectivity index (χ0v) is 17.7. The van der Waals surface area contributed by atoms with E-state index >= 15 is 0 Å². The summed E-state index contributed by atoms with van der Waals surface area (Å²) in [6.07, 6.45) is 2.37. The van der Waals surface area contributed by atoms with Crippen molar-refractivity contribution in [3.05, 3.63) is 50.2 Å². The third-order valence-corrected chi connectivity index (χ3v) is 6.10. The summed E-state index contributed by atoms with van der Waals surface area (Å²) in [6, 6.07) is 5.57. The van der Waals surface area contributed by atoms with Gasteiger partial charge < -0.3 is 4.90 Å². The van der Waals surface area contributed by atoms with Crippen LogP contribution in [0, 0.1) is 6.92 Å². The van der Waals surface area contributed by atoms with Crippen LogP contribution in [-0.4, -0.2) is 51.7 Å². The number of nitrogens with zero attached hydrogens (tertiary/aromatic N) is 4. The van der Waals surface area contributed by atoms with Crippen LogP contribution in [0.15, 0.2) is 28.9 Å². The van der Waals surface area contributed by atoms with Crippen LogP contribution in [0.2, 0.25) is 10.0 Å². The normalized spacial score (nSPS) is 15.5. The first-order valence-corrected chi connectivity index (χ1v) is 10.1. The Labute approximate surface area is 172 Å². The first kappa shape index (κ1) is 19.7. The fraction of sp³-hybridized carbons (Fsp3) is 0.444. The lowest BCUT2D eigenvalue weighted by Crippen LogP contribution is -2.48. The van der Waals surface area contributed by atoms with Crippen molar-refractivity contribution in [2.45, 2.75) is 26.4 Å². The number of amides is 1. The van der Waals surface area contributed by atoms with Crippen LogP contribution in [0.5, 0.6) is 0 Å². The molecule has 1 fully saturated rings. The van der Waals surface area contributed by atoms with Crippen LogP contribution in [0.1, 0.15) is 17.7 Å². The number of rotatable bonds is 5. The number of benzene rings is 1. The van der Waals surface area contributed by atoms with E-state index in [2.05, 4.69) is 25.9 Å². The van der Waals surface area contributed by atoms with Gasteiger partial charge in [0.25, 0.3) is 0 Å². The molecule has 1 aromatic heterocycles. The average molecular weight is 460 g/mol. The zero-order chi connectivity index (χ0) is 18.7. The van der Waals surface area contributed by atoms with Crippen molar-refractivity contribution in [1.82, 2.24) is 19.6 Å². The molecule has 0 saturated carbocycles. The maximum atomic E-state index is 12.4. The van der Waals surface area contributed by atoms with Gasteiger partial charge in [-0.15, -0.1) is 0 Å². The number of aromatic nitrogens is 2. The molecule has 1 aliphatic rings. The molecule has 0 radical (unpaired) electrons. The third-order valence-electron chi connectivity index (χ3n) is 4.61. The highest BCUT2D eigenvalue weighted by molar-refractivity contribution is 9.10. The third kappa shape index (κ3) is 4.80. The molecule has 1 aromatic carbocycles. The molecule has 26 heavy (non-hydrogen) atoms. The second kappa shape index (κ2) is 8.74. The molecule has 0 spiro atoms. The number of carbonyl (C=O) groups is 1. The van der Waals surface area contributed by atoms with Crippen molar-refractivity contribution in [3.63, 3.8) is 0 Å². The van der Waals surface area contributed by atoms with E-state index in [1.807, 2.05) is 40.9 Å². The Morgan fingerprint density at radius 1 is 1.19 bits per heavy atom. The Hall–Kier alpha value is -1.08. The molecule has 8 heteroatoms. The van der Waals surface area contributed by atoms with Crippen molar-refractivity contribution in [3.8, 4) is 0 Å². The van der Waals surface area contributed by atoms with Crippen molar-refractivity contribution < 1.29 is 4.79 Å². The van der Waals surface area contributed by atoms with Crippen molar-refractivity contribution in [1.29, 1.82) is 0 Å². The summed E-state index contributed by atoms with van der Waals surface area (Å²) in [7, 11) is 0. The summed E-state index contributed by atoms with van der Waals surface area (Å²) >= 11 is 15.9. The van der Waals surface area contributed by atoms with Crippen LogP contribution in [0.4, 0.5) is 0 Å². The van der Waals surface area contributed by atoms with Crippen LogP contribution in [0.3, 0.4) is 0 Å².